The van der Waals surface area contributed by atoms with Gasteiger partial charge in [-0.25, -0.2) is 0 Å². The zero-order chi connectivity index (χ0) is 16.4. The van der Waals surface area contributed by atoms with Gasteiger partial charge in [-0.2, -0.15) is 0 Å². The van der Waals surface area contributed by atoms with Crippen LogP contribution in [0.3, 0.4) is 0 Å². The molecular formula is C20H19ClN2. The summed E-state index contributed by atoms with van der Waals surface area (Å²) in [5, 5.41) is 0.663. The molecule has 23 heavy (non-hydrogen) atoms. The van der Waals surface area contributed by atoms with Crippen molar-refractivity contribution in [3.63, 3.8) is 0 Å². The van der Waals surface area contributed by atoms with Gasteiger partial charge in [0.15, 0.2) is 0 Å². The monoisotopic (exact) mass is 322 g/mol. The molecule has 0 spiro atoms. The predicted octanol–water partition coefficient (Wildman–Crippen LogP) is 5.81. The molecule has 0 aliphatic carbocycles. The molecule has 0 saturated heterocycles. The lowest BCUT2D eigenvalue weighted by Crippen LogP contribution is -1.99. The number of aromatic nitrogens is 1. The van der Waals surface area contributed by atoms with Gasteiger partial charge in [0.25, 0.3) is 0 Å². The van der Waals surface area contributed by atoms with Crippen molar-refractivity contribution in [1.29, 1.82) is 0 Å². The number of hydrogen-bond donors (Lipinski definition) is 0. The Balaban J connectivity index is 2.00. The van der Waals surface area contributed by atoms with Crippen LogP contribution in [0.1, 0.15) is 22.5 Å². The van der Waals surface area contributed by atoms with E-state index in [1.54, 1.807) is 0 Å². The third kappa shape index (κ3) is 3.22. The number of nitrogens with zero attached hydrogens (tertiary/aromatic N) is 2. The predicted molar refractivity (Wildman–Crippen MR) is 98.7 cm³/mol. The molecule has 0 bridgehead atoms. The Morgan fingerprint density at radius 3 is 2.48 bits per heavy atom. The molecule has 2 nitrogen and oxygen atoms in total. The van der Waals surface area contributed by atoms with Crippen LogP contribution in [0.5, 0.6) is 0 Å². The molecule has 0 saturated carbocycles. The number of para-hydroxylation sites is 1. The van der Waals surface area contributed by atoms with E-state index in [9.17, 15) is 0 Å². The molecule has 3 aromatic rings. The normalized spacial score (nSPS) is 11.3. The molecule has 0 aliphatic rings. The van der Waals surface area contributed by atoms with E-state index in [0.29, 0.717) is 5.02 Å². The first-order chi connectivity index (χ1) is 11.1. The van der Waals surface area contributed by atoms with Crippen molar-refractivity contribution in [2.45, 2.75) is 20.8 Å². The Morgan fingerprint density at radius 1 is 0.957 bits per heavy atom. The molecule has 0 atom stereocenters. The van der Waals surface area contributed by atoms with Crippen LogP contribution in [0.25, 0.3) is 5.69 Å². The number of benzene rings is 2. The molecule has 0 amide bonds. The molecule has 3 heteroatoms. The summed E-state index contributed by atoms with van der Waals surface area (Å²) >= 11 is 6.16. The van der Waals surface area contributed by atoms with Crippen molar-refractivity contribution in [2.24, 2.45) is 4.99 Å². The first kappa shape index (κ1) is 15.6. The second-order valence-corrected chi connectivity index (χ2v) is 6.12. The third-order valence-electron chi connectivity index (χ3n) is 3.93. The second-order valence-electron chi connectivity index (χ2n) is 5.71. The summed E-state index contributed by atoms with van der Waals surface area (Å²) < 4.78 is 2.25. The maximum absolute atomic E-state index is 6.16. The summed E-state index contributed by atoms with van der Waals surface area (Å²) in [5.41, 5.74) is 6.68. The van der Waals surface area contributed by atoms with Gasteiger partial charge in [0, 0.05) is 28.9 Å². The number of aryl methyl sites for hydroxylation is 2. The summed E-state index contributed by atoms with van der Waals surface area (Å²) in [7, 11) is 0. The molecule has 0 fully saturated rings. The lowest BCUT2D eigenvalue weighted by atomic mass is 10.2. The first-order valence-corrected chi connectivity index (χ1v) is 7.98. The van der Waals surface area contributed by atoms with Crippen LogP contribution in [0, 0.1) is 20.8 Å². The summed E-state index contributed by atoms with van der Waals surface area (Å²) in [6.07, 6.45) is 1.88. The molecule has 3 rings (SSSR count). The van der Waals surface area contributed by atoms with E-state index in [1.807, 2.05) is 30.5 Å². The molecule has 0 aliphatic heterocycles. The minimum atomic E-state index is 0.663. The van der Waals surface area contributed by atoms with E-state index in [0.717, 1.165) is 11.3 Å². The van der Waals surface area contributed by atoms with Crippen LogP contribution >= 0.6 is 11.6 Å². The first-order valence-electron chi connectivity index (χ1n) is 7.61. The average Bonchev–Trinajstić information content (AvgIpc) is 2.81. The van der Waals surface area contributed by atoms with Crippen molar-refractivity contribution in [2.75, 3.05) is 0 Å². The summed E-state index contributed by atoms with van der Waals surface area (Å²) in [6, 6.07) is 18.3. The van der Waals surface area contributed by atoms with E-state index < -0.39 is 0 Å². The molecule has 1 aromatic heterocycles. The average molecular weight is 323 g/mol. The van der Waals surface area contributed by atoms with Crippen molar-refractivity contribution < 1.29 is 0 Å². The van der Waals surface area contributed by atoms with E-state index in [1.165, 1.54) is 22.6 Å². The van der Waals surface area contributed by atoms with Gasteiger partial charge in [-0.15, -0.1) is 0 Å². The highest BCUT2D eigenvalue weighted by atomic mass is 35.5. The smallest absolute Gasteiger partial charge is 0.0816 e. The van der Waals surface area contributed by atoms with Gasteiger partial charge in [0.2, 0.25) is 0 Å². The highest BCUT2D eigenvalue weighted by molar-refractivity contribution is 6.33. The van der Waals surface area contributed by atoms with Crippen LogP contribution in [0.4, 0.5) is 5.69 Å². The fourth-order valence-corrected chi connectivity index (χ4v) is 2.96. The molecular weight excluding hydrogens is 304 g/mol. The van der Waals surface area contributed by atoms with E-state index in [-0.39, 0.29) is 0 Å². The van der Waals surface area contributed by atoms with Crippen LogP contribution in [-0.4, -0.2) is 10.8 Å². The minimum absolute atomic E-state index is 0.663. The Labute approximate surface area is 142 Å². The molecule has 116 valence electrons. The van der Waals surface area contributed by atoms with Gasteiger partial charge in [-0.05, 0) is 56.7 Å². The molecule has 1 heterocycles. The largest absolute Gasteiger partial charge is 0.318 e. The van der Waals surface area contributed by atoms with E-state index in [4.69, 9.17) is 11.6 Å². The lowest BCUT2D eigenvalue weighted by Gasteiger charge is -2.10. The number of hydrogen-bond acceptors (Lipinski definition) is 1. The zero-order valence-corrected chi connectivity index (χ0v) is 14.3. The summed E-state index contributed by atoms with van der Waals surface area (Å²) in [6.45, 7) is 6.34. The highest BCUT2D eigenvalue weighted by Gasteiger charge is 2.09. The highest BCUT2D eigenvalue weighted by Crippen LogP contribution is 2.25. The molecule has 2 aromatic carbocycles. The Kier molecular flexibility index (Phi) is 4.35. The second kappa shape index (κ2) is 6.43. The van der Waals surface area contributed by atoms with Gasteiger partial charge in [-0.1, -0.05) is 35.9 Å². The quantitative estimate of drug-likeness (QED) is 0.542. The van der Waals surface area contributed by atoms with Gasteiger partial charge in [-0.3, -0.25) is 4.99 Å². The maximum atomic E-state index is 6.16. The van der Waals surface area contributed by atoms with Crippen molar-refractivity contribution in [1.82, 2.24) is 4.57 Å². The van der Waals surface area contributed by atoms with Gasteiger partial charge >= 0.3 is 0 Å². The minimum Gasteiger partial charge on any atom is -0.318 e. The maximum Gasteiger partial charge on any atom is 0.0816 e. The van der Waals surface area contributed by atoms with Crippen molar-refractivity contribution >= 4 is 23.5 Å². The lowest BCUT2D eigenvalue weighted by molar-refractivity contribution is 0.963. The zero-order valence-electron chi connectivity index (χ0n) is 13.5. The molecule has 0 N–H and O–H groups in total. The standard InChI is InChI=1S/C20H19ClN2/c1-14-7-6-8-18(11-14)23-15(2)12-17(16(23)3)13-22-20-10-5-4-9-19(20)21/h4-13H,1-3H3. The van der Waals surface area contributed by atoms with Crippen LogP contribution in [-0.2, 0) is 0 Å². The topological polar surface area (TPSA) is 17.3 Å². The van der Waals surface area contributed by atoms with Crippen LogP contribution in [0.2, 0.25) is 5.02 Å². The fourth-order valence-electron chi connectivity index (χ4n) is 2.78. The summed E-state index contributed by atoms with van der Waals surface area (Å²) in [5.74, 6) is 0. The van der Waals surface area contributed by atoms with Gasteiger partial charge in [0.1, 0.15) is 0 Å². The van der Waals surface area contributed by atoms with Crippen molar-refractivity contribution in [3.05, 3.63) is 82.1 Å². The third-order valence-corrected chi connectivity index (χ3v) is 4.24. The Hall–Kier alpha value is -2.32. The van der Waals surface area contributed by atoms with Crippen LogP contribution < -0.4 is 0 Å². The van der Waals surface area contributed by atoms with Crippen LogP contribution in [0.15, 0.2) is 59.6 Å². The van der Waals surface area contributed by atoms with E-state index in [2.05, 4.69) is 60.7 Å². The Morgan fingerprint density at radius 2 is 1.74 bits per heavy atom. The summed E-state index contributed by atoms with van der Waals surface area (Å²) in [4.78, 5) is 4.53. The molecule has 0 unspecified atom stereocenters. The van der Waals surface area contributed by atoms with Gasteiger partial charge in [0.05, 0.1) is 10.7 Å². The van der Waals surface area contributed by atoms with Gasteiger partial charge < -0.3 is 4.57 Å². The molecule has 0 radical (unpaired) electrons. The fraction of sp³-hybridized carbons (Fsp3) is 0.150. The number of halogens is 1. The van der Waals surface area contributed by atoms with Crippen molar-refractivity contribution in [3.8, 4) is 5.69 Å². The Bertz CT molecular complexity index is 875. The SMILES string of the molecule is Cc1cccc(-n2c(C)cc(C=Nc3ccccc3Cl)c2C)c1. The number of rotatable bonds is 3. The van der Waals surface area contributed by atoms with E-state index >= 15 is 0 Å². The number of aliphatic imine (C=N–C) groups is 1.